The van der Waals surface area contributed by atoms with Gasteiger partial charge >= 0.3 is 0 Å². The first-order chi connectivity index (χ1) is 11.1. The van der Waals surface area contributed by atoms with E-state index in [9.17, 15) is 4.79 Å². The summed E-state index contributed by atoms with van der Waals surface area (Å²) in [7, 11) is 0. The monoisotopic (exact) mass is 354 g/mol. The van der Waals surface area contributed by atoms with Gasteiger partial charge in [-0.2, -0.15) is 0 Å². The lowest BCUT2D eigenvalue weighted by atomic mass is 10.2. The summed E-state index contributed by atoms with van der Waals surface area (Å²) < 4.78 is 12.5. The molecule has 1 fully saturated rings. The molecule has 3 rings (SSSR count). The molecular formula is C16H19ClN2O3S. The smallest absolute Gasteiger partial charge is 0.262 e. The highest BCUT2D eigenvalue weighted by Gasteiger charge is 2.18. The van der Waals surface area contributed by atoms with Gasteiger partial charge < -0.3 is 9.47 Å². The van der Waals surface area contributed by atoms with Crippen LogP contribution in [0.5, 0.6) is 0 Å². The predicted octanol–water partition coefficient (Wildman–Crippen LogP) is 3.49. The molecule has 2 heterocycles. The number of nitrogens with zero attached hydrogens (tertiary/aromatic N) is 2. The Bertz CT molecular complexity index is 757. The molecule has 0 N–H and O–H groups in total. The van der Waals surface area contributed by atoms with Gasteiger partial charge in [-0.15, -0.1) is 0 Å². The Morgan fingerprint density at radius 2 is 2.30 bits per heavy atom. The van der Waals surface area contributed by atoms with Crippen LogP contribution in [0.4, 0.5) is 0 Å². The van der Waals surface area contributed by atoms with Crippen molar-refractivity contribution in [2.45, 2.75) is 37.6 Å². The highest BCUT2D eigenvalue weighted by Crippen LogP contribution is 2.24. The zero-order chi connectivity index (χ0) is 16.4. The number of benzene rings is 1. The minimum Gasteiger partial charge on any atom is -0.355 e. The van der Waals surface area contributed by atoms with E-state index in [-0.39, 0.29) is 17.7 Å². The second-order valence-corrected chi connectivity index (χ2v) is 7.16. The Kier molecular flexibility index (Phi) is 5.26. The van der Waals surface area contributed by atoms with E-state index in [1.807, 2.05) is 13.8 Å². The molecule has 5 nitrogen and oxygen atoms in total. The fourth-order valence-electron chi connectivity index (χ4n) is 2.51. The summed E-state index contributed by atoms with van der Waals surface area (Å²) in [6.07, 6.45) is 0.986. The number of fused-ring (bicyclic) bond motifs is 1. The molecule has 2 aromatic rings. The zero-order valence-electron chi connectivity index (χ0n) is 13.1. The van der Waals surface area contributed by atoms with Crippen molar-refractivity contribution in [2.24, 2.45) is 0 Å². The lowest BCUT2D eigenvalue weighted by Gasteiger charge is -2.23. The second-order valence-electron chi connectivity index (χ2n) is 5.74. The molecule has 1 aromatic carbocycles. The number of aromatic nitrogens is 2. The summed E-state index contributed by atoms with van der Waals surface area (Å²) in [5.74, 6) is 0.745. The maximum Gasteiger partial charge on any atom is 0.262 e. The van der Waals surface area contributed by atoms with Crippen LogP contribution in [0.15, 0.2) is 28.2 Å². The molecule has 124 valence electrons. The van der Waals surface area contributed by atoms with Gasteiger partial charge in [0.05, 0.1) is 23.6 Å². The van der Waals surface area contributed by atoms with Crippen molar-refractivity contribution < 1.29 is 9.47 Å². The van der Waals surface area contributed by atoms with Gasteiger partial charge in [-0.3, -0.25) is 9.36 Å². The van der Waals surface area contributed by atoms with Crippen LogP contribution in [0.25, 0.3) is 10.9 Å². The molecule has 1 aliphatic rings. The molecule has 0 amide bonds. The van der Waals surface area contributed by atoms with Crippen molar-refractivity contribution in [3.63, 3.8) is 0 Å². The van der Waals surface area contributed by atoms with Gasteiger partial charge in [-0.25, -0.2) is 4.98 Å². The lowest BCUT2D eigenvalue weighted by Crippen LogP contribution is -2.28. The van der Waals surface area contributed by atoms with Gasteiger partial charge in [0.15, 0.2) is 5.16 Å². The number of hydrogen-bond donors (Lipinski definition) is 0. The molecule has 1 aliphatic heterocycles. The summed E-state index contributed by atoms with van der Waals surface area (Å²) in [6.45, 7) is 5.02. The molecular weight excluding hydrogens is 336 g/mol. The van der Waals surface area contributed by atoms with Gasteiger partial charge in [0.25, 0.3) is 5.56 Å². The number of thioether (sulfide) groups is 1. The highest BCUT2D eigenvalue weighted by molar-refractivity contribution is 7.99. The van der Waals surface area contributed by atoms with Crippen LogP contribution in [0.1, 0.15) is 26.3 Å². The lowest BCUT2D eigenvalue weighted by molar-refractivity contribution is -0.130. The Labute approximate surface area is 143 Å². The van der Waals surface area contributed by atoms with Gasteiger partial charge in [0, 0.05) is 16.8 Å². The highest BCUT2D eigenvalue weighted by atomic mass is 35.5. The molecule has 1 aromatic heterocycles. The first kappa shape index (κ1) is 16.8. The Morgan fingerprint density at radius 1 is 1.48 bits per heavy atom. The molecule has 1 atom stereocenters. The third-order valence-electron chi connectivity index (χ3n) is 3.72. The van der Waals surface area contributed by atoms with Crippen molar-refractivity contribution in [3.8, 4) is 0 Å². The van der Waals surface area contributed by atoms with E-state index in [0.29, 0.717) is 34.5 Å². The maximum absolute atomic E-state index is 12.8. The molecule has 0 saturated carbocycles. The number of halogens is 1. The van der Waals surface area contributed by atoms with E-state index in [4.69, 9.17) is 21.1 Å². The number of ether oxygens (including phenoxy) is 2. The number of rotatable bonds is 4. The van der Waals surface area contributed by atoms with E-state index in [2.05, 4.69) is 4.98 Å². The molecule has 0 spiro atoms. The van der Waals surface area contributed by atoms with Crippen molar-refractivity contribution in [1.82, 2.24) is 9.55 Å². The van der Waals surface area contributed by atoms with Crippen molar-refractivity contribution in [1.29, 1.82) is 0 Å². The summed E-state index contributed by atoms with van der Waals surface area (Å²) in [5.41, 5.74) is 0.604. The summed E-state index contributed by atoms with van der Waals surface area (Å²) >= 11 is 7.58. The maximum atomic E-state index is 12.8. The van der Waals surface area contributed by atoms with Crippen LogP contribution >= 0.6 is 23.4 Å². The molecule has 23 heavy (non-hydrogen) atoms. The van der Waals surface area contributed by atoms with Gasteiger partial charge in [-0.05, 0) is 38.5 Å². The Hall–Kier alpha value is -1.08. The SMILES string of the molecule is CC(C)n1c(SC[C@@H]2CCOCO2)nc2cc(Cl)ccc2c1=O. The standard InChI is InChI=1S/C16H19ClN2O3S/c1-10(2)19-15(20)13-4-3-11(17)7-14(13)18-16(19)23-8-12-5-6-21-9-22-12/h3-4,7,10,12H,5-6,8-9H2,1-2H3/t12-/m0/s1. The van der Waals surface area contributed by atoms with Crippen LogP contribution in [-0.4, -0.2) is 34.8 Å². The van der Waals surface area contributed by atoms with Crippen LogP contribution in [0.3, 0.4) is 0 Å². The fraction of sp³-hybridized carbons (Fsp3) is 0.500. The third-order valence-corrected chi connectivity index (χ3v) is 5.04. The molecule has 0 unspecified atom stereocenters. The topological polar surface area (TPSA) is 53.4 Å². The van der Waals surface area contributed by atoms with E-state index in [0.717, 1.165) is 12.2 Å². The van der Waals surface area contributed by atoms with Crippen molar-refractivity contribution >= 4 is 34.3 Å². The van der Waals surface area contributed by atoms with Gasteiger partial charge in [0.2, 0.25) is 0 Å². The predicted molar refractivity (Wildman–Crippen MR) is 92.4 cm³/mol. The molecule has 0 aliphatic carbocycles. The first-order valence-corrected chi connectivity index (χ1v) is 8.96. The average Bonchev–Trinajstić information content (AvgIpc) is 2.53. The van der Waals surface area contributed by atoms with Crippen LogP contribution in [0.2, 0.25) is 5.02 Å². The minimum absolute atomic E-state index is 0.0305. The largest absolute Gasteiger partial charge is 0.355 e. The van der Waals surface area contributed by atoms with E-state index in [1.54, 1.807) is 34.5 Å². The third kappa shape index (κ3) is 3.71. The van der Waals surface area contributed by atoms with E-state index >= 15 is 0 Å². The summed E-state index contributed by atoms with van der Waals surface area (Å²) in [6, 6.07) is 5.23. The summed E-state index contributed by atoms with van der Waals surface area (Å²) in [5, 5.41) is 1.88. The fourth-order valence-corrected chi connectivity index (χ4v) is 3.87. The van der Waals surface area contributed by atoms with Crippen molar-refractivity contribution in [3.05, 3.63) is 33.6 Å². The first-order valence-electron chi connectivity index (χ1n) is 7.60. The quantitative estimate of drug-likeness (QED) is 0.621. The minimum atomic E-state index is -0.0305. The summed E-state index contributed by atoms with van der Waals surface area (Å²) in [4.78, 5) is 17.4. The van der Waals surface area contributed by atoms with Gasteiger partial charge in [0.1, 0.15) is 6.79 Å². The van der Waals surface area contributed by atoms with E-state index < -0.39 is 0 Å². The van der Waals surface area contributed by atoms with Crippen molar-refractivity contribution in [2.75, 3.05) is 19.2 Å². The van der Waals surface area contributed by atoms with Gasteiger partial charge in [-0.1, -0.05) is 23.4 Å². The average molecular weight is 355 g/mol. The normalized spacial score (nSPS) is 18.7. The second kappa shape index (κ2) is 7.21. The van der Waals surface area contributed by atoms with E-state index in [1.165, 1.54) is 0 Å². The van der Waals surface area contributed by atoms with Crippen LogP contribution < -0.4 is 5.56 Å². The Balaban J connectivity index is 1.96. The van der Waals surface area contributed by atoms with Crippen LogP contribution in [-0.2, 0) is 9.47 Å². The molecule has 0 radical (unpaired) electrons. The zero-order valence-corrected chi connectivity index (χ0v) is 14.7. The van der Waals surface area contributed by atoms with Crippen LogP contribution in [0, 0.1) is 0 Å². The number of hydrogen-bond acceptors (Lipinski definition) is 5. The molecule has 7 heteroatoms. The molecule has 0 bridgehead atoms. The Morgan fingerprint density at radius 3 is 3.00 bits per heavy atom. The molecule has 1 saturated heterocycles.